The normalized spacial score (nSPS) is 11.7. The van der Waals surface area contributed by atoms with Gasteiger partial charge in [-0.3, -0.25) is 10.2 Å². The van der Waals surface area contributed by atoms with Crippen LogP contribution in [0, 0.1) is 5.92 Å². The molecule has 6 nitrogen and oxygen atoms in total. The molecule has 7 heteroatoms. The Hall–Kier alpha value is -1.79. The zero-order valence-electron chi connectivity index (χ0n) is 12.2. The Balaban J connectivity index is 2.63. The van der Waals surface area contributed by atoms with Crippen molar-refractivity contribution in [3.63, 3.8) is 0 Å². The number of ether oxygens (including phenoxy) is 1. The van der Waals surface area contributed by atoms with Crippen LogP contribution >= 0.6 is 11.6 Å². The monoisotopic (exact) mass is 312 g/mol. The van der Waals surface area contributed by atoms with Crippen LogP contribution in [0.5, 0.6) is 0 Å². The van der Waals surface area contributed by atoms with E-state index in [-0.39, 0.29) is 5.84 Å². The number of halogens is 1. The number of nitrogens with zero attached hydrogens (tertiary/aromatic N) is 1. The number of rotatable bonds is 7. The Kier molecular flexibility index (Phi) is 6.98. The van der Waals surface area contributed by atoms with Crippen LogP contribution in [-0.2, 0) is 16.1 Å². The maximum atomic E-state index is 10.8. The molecule has 1 aromatic rings. The number of hydrazone groups is 1. The lowest BCUT2D eigenvalue weighted by molar-refractivity contribution is -0.112. The van der Waals surface area contributed by atoms with Gasteiger partial charge in [0.25, 0.3) is 5.91 Å². The van der Waals surface area contributed by atoms with Gasteiger partial charge in [0.1, 0.15) is 0 Å². The van der Waals surface area contributed by atoms with Crippen molar-refractivity contribution in [1.82, 2.24) is 0 Å². The molecule has 0 unspecified atom stereocenters. The van der Waals surface area contributed by atoms with Crippen LogP contribution in [0.4, 0.5) is 5.69 Å². The molecule has 1 amide bonds. The van der Waals surface area contributed by atoms with Crippen molar-refractivity contribution in [1.29, 1.82) is 0 Å². The fraction of sp³-hybridized carbons (Fsp3) is 0.429. The molecule has 1 aromatic carbocycles. The van der Waals surface area contributed by atoms with Gasteiger partial charge in [0.05, 0.1) is 12.3 Å². The van der Waals surface area contributed by atoms with Gasteiger partial charge >= 0.3 is 0 Å². The third-order valence-corrected chi connectivity index (χ3v) is 3.07. The lowest BCUT2D eigenvalue weighted by Gasteiger charge is -2.09. The minimum Gasteiger partial charge on any atom is -0.378 e. The smallest absolute Gasteiger partial charge is 0.285 e. The van der Waals surface area contributed by atoms with E-state index in [4.69, 9.17) is 27.8 Å². The first-order chi connectivity index (χ1) is 9.90. The molecule has 0 bridgehead atoms. The molecule has 0 fully saturated rings. The van der Waals surface area contributed by atoms with Crippen LogP contribution in [0.3, 0.4) is 0 Å². The van der Waals surface area contributed by atoms with Gasteiger partial charge in [-0.1, -0.05) is 25.4 Å². The summed E-state index contributed by atoms with van der Waals surface area (Å²) < 4.78 is 5.58. The summed E-state index contributed by atoms with van der Waals surface area (Å²) in [7, 11) is 0. The third-order valence-electron chi connectivity index (χ3n) is 2.70. The second-order valence-electron chi connectivity index (χ2n) is 5.01. The molecule has 0 heterocycles. The second kappa shape index (κ2) is 8.49. The third kappa shape index (κ3) is 6.46. The summed E-state index contributed by atoms with van der Waals surface area (Å²) in [4.78, 5) is 10.8. The lowest BCUT2D eigenvalue weighted by Crippen LogP contribution is -2.31. The number of nitrogens with two attached hydrogens (primary N) is 2. The average Bonchev–Trinajstić information content (AvgIpc) is 2.43. The predicted molar refractivity (Wildman–Crippen MR) is 85.0 cm³/mol. The van der Waals surface area contributed by atoms with Crippen molar-refractivity contribution in [3.05, 3.63) is 28.8 Å². The number of benzene rings is 1. The van der Waals surface area contributed by atoms with E-state index in [2.05, 4.69) is 24.4 Å². The number of amidine groups is 1. The van der Waals surface area contributed by atoms with Crippen molar-refractivity contribution in [2.45, 2.75) is 26.9 Å². The molecule has 0 saturated heterocycles. The summed E-state index contributed by atoms with van der Waals surface area (Å²) in [6.07, 6.45) is 0.995. The average molecular weight is 313 g/mol. The van der Waals surface area contributed by atoms with Crippen LogP contribution in [0.2, 0.25) is 5.02 Å². The molecule has 0 aliphatic carbocycles. The molecule has 1 rings (SSSR count). The van der Waals surface area contributed by atoms with Gasteiger partial charge in [0.15, 0.2) is 0 Å². The summed E-state index contributed by atoms with van der Waals surface area (Å²) >= 11 is 6.11. The molecule has 116 valence electrons. The predicted octanol–water partition coefficient (Wildman–Crippen LogP) is 2.07. The molecular formula is C14H21ClN4O2. The summed E-state index contributed by atoms with van der Waals surface area (Å²) in [5.74, 6) is -0.479. The Morgan fingerprint density at radius 2 is 2.14 bits per heavy atom. The first-order valence-electron chi connectivity index (χ1n) is 6.65. The Morgan fingerprint density at radius 3 is 2.76 bits per heavy atom. The van der Waals surface area contributed by atoms with Gasteiger partial charge in [-0.25, -0.2) is 0 Å². The molecule has 0 radical (unpaired) electrons. The molecule has 0 saturated carbocycles. The van der Waals surface area contributed by atoms with Gasteiger partial charge in [0, 0.05) is 11.6 Å². The number of anilines is 1. The van der Waals surface area contributed by atoms with E-state index in [1.807, 2.05) is 0 Å². The molecule has 0 aliphatic rings. The van der Waals surface area contributed by atoms with Crippen LogP contribution in [-0.4, -0.2) is 18.3 Å². The first-order valence-corrected chi connectivity index (χ1v) is 7.03. The first kappa shape index (κ1) is 17.3. The minimum absolute atomic E-state index is 0.292. The molecule has 0 aromatic heterocycles. The highest BCUT2D eigenvalue weighted by atomic mass is 35.5. The number of amides is 1. The van der Waals surface area contributed by atoms with Crippen LogP contribution < -0.4 is 16.9 Å². The van der Waals surface area contributed by atoms with E-state index in [1.54, 1.807) is 18.2 Å². The lowest BCUT2D eigenvalue weighted by atomic mass is 10.1. The maximum absolute atomic E-state index is 10.8. The van der Waals surface area contributed by atoms with Crippen molar-refractivity contribution < 1.29 is 9.53 Å². The minimum atomic E-state index is -0.784. The Labute approximate surface area is 129 Å². The zero-order chi connectivity index (χ0) is 15.8. The number of hydrogen-bond acceptors (Lipinski definition) is 4. The highest BCUT2D eigenvalue weighted by Gasteiger charge is 2.04. The topological polar surface area (TPSA) is 103 Å². The highest BCUT2D eigenvalue weighted by molar-refractivity contribution is 6.36. The second-order valence-corrected chi connectivity index (χ2v) is 5.42. The molecular weight excluding hydrogens is 292 g/mol. The van der Waals surface area contributed by atoms with E-state index in [0.29, 0.717) is 29.8 Å². The van der Waals surface area contributed by atoms with Gasteiger partial charge in [-0.05, 0) is 36.1 Å². The van der Waals surface area contributed by atoms with Crippen molar-refractivity contribution in [2.75, 3.05) is 12.0 Å². The zero-order valence-corrected chi connectivity index (χ0v) is 13.0. The number of carbonyl (C=O) groups is 1. The van der Waals surface area contributed by atoms with E-state index in [9.17, 15) is 4.79 Å². The Morgan fingerprint density at radius 1 is 1.43 bits per heavy atom. The van der Waals surface area contributed by atoms with Crippen molar-refractivity contribution >= 4 is 29.0 Å². The standard InChI is InChI=1S/C14H21ClN4O2/c1-9(2)5-6-21-8-10-7-11(3-4-12(10)15)18-19-13(16)14(17)20/h3-4,7,9,18H,5-6,8H2,1-2H3,(H2,16,19)(H2,17,20). The van der Waals surface area contributed by atoms with Gasteiger partial charge in [-0.15, -0.1) is 0 Å². The van der Waals surface area contributed by atoms with Crippen LogP contribution in [0.25, 0.3) is 0 Å². The molecule has 5 N–H and O–H groups in total. The summed E-state index contributed by atoms with van der Waals surface area (Å²) in [6.45, 7) is 5.37. The van der Waals surface area contributed by atoms with Gasteiger partial charge < -0.3 is 16.2 Å². The quantitative estimate of drug-likeness (QED) is 0.310. The van der Waals surface area contributed by atoms with Crippen molar-refractivity contribution in [2.24, 2.45) is 22.5 Å². The van der Waals surface area contributed by atoms with E-state index in [0.717, 1.165) is 12.0 Å². The number of primary amides is 1. The molecule has 21 heavy (non-hydrogen) atoms. The van der Waals surface area contributed by atoms with Gasteiger partial charge in [0.2, 0.25) is 5.84 Å². The highest BCUT2D eigenvalue weighted by Crippen LogP contribution is 2.21. The molecule has 0 aliphatic heterocycles. The fourth-order valence-electron chi connectivity index (χ4n) is 1.44. The molecule has 0 atom stereocenters. The summed E-state index contributed by atoms with van der Waals surface area (Å²) in [6, 6.07) is 5.23. The van der Waals surface area contributed by atoms with Crippen LogP contribution in [0.1, 0.15) is 25.8 Å². The fourth-order valence-corrected chi connectivity index (χ4v) is 1.61. The molecule has 0 spiro atoms. The van der Waals surface area contributed by atoms with Gasteiger partial charge in [-0.2, -0.15) is 5.10 Å². The van der Waals surface area contributed by atoms with Crippen LogP contribution in [0.15, 0.2) is 23.3 Å². The van der Waals surface area contributed by atoms with E-state index < -0.39 is 5.91 Å². The number of carbonyl (C=O) groups excluding carboxylic acids is 1. The number of hydrogen-bond donors (Lipinski definition) is 3. The van der Waals surface area contributed by atoms with E-state index >= 15 is 0 Å². The Bertz CT molecular complexity index is 518. The maximum Gasteiger partial charge on any atom is 0.285 e. The number of nitrogens with one attached hydrogen (secondary N) is 1. The summed E-state index contributed by atoms with van der Waals surface area (Å²) in [5.41, 5.74) is 14.4. The van der Waals surface area contributed by atoms with Crippen molar-refractivity contribution in [3.8, 4) is 0 Å². The largest absolute Gasteiger partial charge is 0.378 e. The SMILES string of the molecule is CC(C)CCOCc1cc(NN=C(N)C(N)=O)ccc1Cl. The van der Waals surface area contributed by atoms with E-state index in [1.165, 1.54) is 0 Å². The summed E-state index contributed by atoms with van der Waals surface area (Å²) in [5, 5.41) is 4.28.